The summed E-state index contributed by atoms with van der Waals surface area (Å²) in [5, 5.41) is 0. The normalized spacial score (nSPS) is 25.8. The standard InChI is InChI=1S/C10H16O3/c1-7(11)4-5-8-6-9(12)13-10(8,2)3/h8H,4-6H2,1-3H3/t8-/m0/s1. The van der Waals surface area contributed by atoms with E-state index in [1.54, 1.807) is 6.92 Å². The Morgan fingerprint density at radius 1 is 1.62 bits per heavy atom. The van der Waals surface area contributed by atoms with Gasteiger partial charge in [-0.15, -0.1) is 0 Å². The molecule has 1 saturated heterocycles. The highest BCUT2D eigenvalue weighted by Crippen LogP contribution is 2.35. The topological polar surface area (TPSA) is 43.4 Å². The summed E-state index contributed by atoms with van der Waals surface area (Å²) in [7, 11) is 0. The van der Waals surface area contributed by atoms with Crippen LogP contribution in [0.5, 0.6) is 0 Å². The summed E-state index contributed by atoms with van der Waals surface area (Å²) in [6.45, 7) is 5.38. The number of carbonyl (C=O) groups is 2. The van der Waals surface area contributed by atoms with Gasteiger partial charge in [-0.2, -0.15) is 0 Å². The molecule has 0 aromatic rings. The SMILES string of the molecule is CC(=O)CC[C@H]1CC(=O)OC1(C)C. The van der Waals surface area contributed by atoms with Crippen LogP contribution >= 0.6 is 0 Å². The number of hydrogen-bond acceptors (Lipinski definition) is 3. The van der Waals surface area contributed by atoms with Gasteiger partial charge in [0.15, 0.2) is 0 Å². The highest BCUT2D eigenvalue weighted by Gasteiger charge is 2.41. The monoisotopic (exact) mass is 184 g/mol. The van der Waals surface area contributed by atoms with Crippen LogP contribution in [0.15, 0.2) is 0 Å². The lowest BCUT2D eigenvalue weighted by Crippen LogP contribution is -2.27. The lowest BCUT2D eigenvalue weighted by atomic mass is 9.86. The van der Waals surface area contributed by atoms with Crippen LogP contribution in [0.4, 0.5) is 0 Å². The number of esters is 1. The number of rotatable bonds is 3. The van der Waals surface area contributed by atoms with E-state index in [4.69, 9.17) is 4.74 Å². The molecule has 1 fully saturated rings. The molecule has 74 valence electrons. The average Bonchev–Trinajstić information content (AvgIpc) is 2.19. The molecule has 0 radical (unpaired) electrons. The zero-order chi connectivity index (χ0) is 10.1. The van der Waals surface area contributed by atoms with Crippen LogP contribution in [0.3, 0.4) is 0 Å². The third kappa shape index (κ3) is 2.54. The zero-order valence-electron chi connectivity index (χ0n) is 8.42. The van der Waals surface area contributed by atoms with Crippen LogP contribution in [-0.4, -0.2) is 17.4 Å². The van der Waals surface area contributed by atoms with Crippen LogP contribution < -0.4 is 0 Å². The van der Waals surface area contributed by atoms with Gasteiger partial charge in [-0.05, 0) is 27.2 Å². The van der Waals surface area contributed by atoms with Crippen molar-refractivity contribution in [2.75, 3.05) is 0 Å². The van der Waals surface area contributed by atoms with Crippen LogP contribution in [0.25, 0.3) is 0 Å². The third-order valence-electron chi connectivity index (χ3n) is 2.62. The molecule has 0 aliphatic carbocycles. The van der Waals surface area contributed by atoms with E-state index in [1.165, 1.54) is 0 Å². The minimum atomic E-state index is -0.382. The van der Waals surface area contributed by atoms with Crippen molar-refractivity contribution in [1.29, 1.82) is 0 Å². The number of hydrogen-bond donors (Lipinski definition) is 0. The minimum absolute atomic E-state index is 0.140. The summed E-state index contributed by atoms with van der Waals surface area (Å²) in [5.74, 6) is 0.234. The van der Waals surface area contributed by atoms with E-state index in [2.05, 4.69) is 0 Å². The van der Waals surface area contributed by atoms with Gasteiger partial charge >= 0.3 is 5.97 Å². The lowest BCUT2D eigenvalue weighted by Gasteiger charge is -2.24. The molecule has 13 heavy (non-hydrogen) atoms. The van der Waals surface area contributed by atoms with Crippen LogP contribution in [0.2, 0.25) is 0 Å². The van der Waals surface area contributed by atoms with E-state index in [9.17, 15) is 9.59 Å². The number of ether oxygens (including phenoxy) is 1. The first-order valence-corrected chi connectivity index (χ1v) is 4.63. The largest absolute Gasteiger partial charge is 0.459 e. The van der Waals surface area contributed by atoms with Crippen molar-refractivity contribution >= 4 is 11.8 Å². The van der Waals surface area contributed by atoms with E-state index >= 15 is 0 Å². The maximum absolute atomic E-state index is 11.0. The van der Waals surface area contributed by atoms with Crippen molar-refractivity contribution in [3.05, 3.63) is 0 Å². The van der Waals surface area contributed by atoms with Crippen molar-refractivity contribution < 1.29 is 14.3 Å². The Morgan fingerprint density at radius 3 is 2.62 bits per heavy atom. The molecule has 0 aromatic heterocycles. The molecule has 0 N–H and O–H groups in total. The fourth-order valence-electron chi connectivity index (χ4n) is 1.69. The molecule has 1 atom stereocenters. The Labute approximate surface area is 78.5 Å². The van der Waals surface area contributed by atoms with Crippen LogP contribution in [0.1, 0.15) is 40.0 Å². The summed E-state index contributed by atoms with van der Waals surface area (Å²) in [4.78, 5) is 21.8. The second-order valence-electron chi connectivity index (χ2n) is 4.22. The fraction of sp³-hybridized carbons (Fsp3) is 0.800. The molecule has 0 unspecified atom stereocenters. The summed E-state index contributed by atoms with van der Waals surface area (Å²) in [5.41, 5.74) is -0.382. The summed E-state index contributed by atoms with van der Waals surface area (Å²) in [6, 6.07) is 0. The van der Waals surface area contributed by atoms with Gasteiger partial charge in [-0.3, -0.25) is 4.79 Å². The molecule has 0 bridgehead atoms. The highest BCUT2D eigenvalue weighted by atomic mass is 16.6. The number of ketones is 1. The van der Waals surface area contributed by atoms with Gasteiger partial charge < -0.3 is 9.53 Å². The second-order valence-corrected chi connectivity index (χ2v) is 4.22. The molecule has 1 heterocycles. The van der Waals surface area contributed by atoms with E-state index < -0.39 is 0 Å². The Morgan fingerprint density at radius 2 is 2.23 bits per heavy atom. The molecular weight excluding hydrogens is 168 g/mol. The molecule has 0 amide bonds. The van der Waals surface area contributed by atoms with Crippen molar-refractivity contribution in [2.24, 2.45) is 5.92 Å². The second kappa shape index (κ2) is 3.48. The van der Waals surface area contributed by atoms with Crippen LogP contribution in [-0.2, 0) is 14.3 Å². The van der Waals surface area contributed by atoms with Gasteiger partial charge in [-0.25, -0.2) is 0 Å². The smallest absolute Gasteiger partial charge is 0.306 e. The van der Waals surface area contributed by atoms with Gasteiger partial charge in [0.1, 0.15) is 11.4 Å². The molecule has 0 saturated carbocycles. The molecule has 3 heteroatoms. The van der Waals surface area contributed by atoms with Crippen molar-refractivity contribution in [3.63, 3.8) is 0 Å². The van der Waals surface area contributed by atoms with E-state index in [0.29, 0.717) is 12.8 Å². The Kier molecular flexibility index (Phi) is 2.74. The van der Waals surface area contributed by atoms with Gasteiger partial charge in [0.25, 0.3) is 0 Å². The summed E-state index contributed by atoms with van der Waals surface area (Å²) < 4.78 is 5.14. The quantitative estimate of drug-likeness (QED) is 0.627. The van der Waals surface area contributed by atoms with E-state index in [-0.39, 0.29) is 23.3 Å². The lowest BCUT2D eigenvalue weighted by molar-refractivity contribution is -0.146. The maximum Gasteiger partial charge on any atom is 0.306 e. The molecule has 1 rings (SSSR count). The molecule has 0 aromatic carbocycles. The van der Waals surface area contributed by atoms with Gasteiger partial charge in [-0.1, -0.05) is 0 Å². The summed E-state index contributed by atoms with van der Waals surface area (Å²) in [6.07, 6.45) is 1.76. The summed E-state index contributed by atoms with van der Waals surface area (Å²) >= 11 is 0. The van der Waals surface area contributed by atoms with Crippen LogP contribution in [0, 0.1) is 5.92 Å². The average molecular weight is 184 g/mol. The molecule has 1 aliphatic heterocycles. The minimum Gasteiger partial charge on any atom is -0.459 e. The van der Waals surface area contributed by atoms with Crippen molar-refractivity contribution in [2.45, 2.75) is 45.6 Å². The number of Topliss-reactive ketones (excluding diaryl/α,β-unsaturated/α-hetero) is 1. The molecule has 0 spiro atoms. The molecular formula is C10H16O3. The predicted molar refractivity (Wildman–Crippen MR) is 48.2 cm³/mol. The Balaban J connectivity index is 2.50. The number of carbonyl (C=O) groups excluding carboxylic acids is 2. The Bertz CT molecular complexity index is 230. The van der Waals surface area contributed by atoms with Crippen molar-refractivity contribution in [1.82, 2.24) is 0 Å². The molecule has 3 nitrogen and oxygen atoms in total. The van der Waals surface area contributed by atoms with E-state index in [0.717, 1.165) is 6.42 Å². The fourth-order valence-corrected chi connectivity index (χ4v) is 1.69. The van der Waals surface area contributed by atoms with Gasteiger partial charge in [0, 0.05) is 12.3 Å². The molecule has 1 aliphatic rings. The van der Waals surface area contributed by atoms with Gasteiger partial charge in [0.05, 0.1) is 6.42 Å². The zero-order valence-corrected chi connectivity index (χ0v) is 8.42. The van der Waals surface area contributed by atoms with Gasteiger partial charge in [0.2, 0.25) is 0 Å². The van der Waals surface area contributed by atoms with Crippen molar-refractivity contribution in [3.8, 4) is 0 Å². The number of cyclic esters (lactones) is 1. The maximum atomic E-state index is 11.0. The first-order valence-electron chi connectivity index (χ1n) is 4.63. The predicted octanol–water partition coefficient (Wildman–Crippen LogP) is 1.70. The Hall–Kier alpha value is -0.860. The van der Waals surface area contributed by atoms with E-state index in [1.807, 2.05) is 13.8 Å². The highest BCUT2D eigenvalue weighted by molar-refractivity contribution is 5.76. The third-order valence-corrected chi connectivity index (χ3v) is 2.62. The first-order chi connectivity index (χ1) is 5.92. The first kappa shape index (κ1) is 10.2.